The highest BCUT2D eigenvalue weighted by Gasteiger charge is 2.24. The van der Waals surface area contributed by atoms with Crippen molar-refractivity contribution in [2.45, 2.75) is 0 Å². The molecular weight excluding hydrogens is 512 g/mol. The lowest BCUT2D eigenvalue weighted by molar-refractivity contribution is 0.669. The molecule has 3 nitrogen and oxygen atoms in total. The first-order valence-electron chi connectivity index (χ1n) is 14.3. The lowest BCUT2D eigenvalue weighted by Gasteiger charge is -2.13. The minimum absolute atomic E-state index is 0.919. The molecule has 1 aliphatic carbocycles. The van der Waals surface area contributed by atoms with Gasteiger partial charge in [0.05, 0.1) is 22.4 Å². The number of furan rings is 1. The largest absolute Gasteiger partial charge is 0.456 e. The molecule has 0 fully saturated rings. The number of nitrogens with zero attached hydrogens (tertiary/aromatic N) is 2. The van der Waals surface area contributed by atoms with E-state index in [1.807, 2.05) is 24.4 Å². The highest BCUT2D eigenvalue weighted by atomic mass is 16.3. The van der Waals surface area contributed by atoms with Gasteiger partial charge in [0.1, 0.15) is 11.2 Å². The van der Waals surface area contributed by atoms with Crippen molar-refractivity contribution in [3.05, 3.63) is 134 Å². The number of fused-ring (bicyclic) bond motifs is 9. The molecule has 0 saturated heterocycles. The smallest absolute Gasteiger partial charge is 0.135 e. The van der Waals surface area contributed by atoms with Crippen molar-refractivity contribution >= 4 is 54.5 Å². The third-order valence-electron chi connectivity index (χ3n) is 8.99. The average molecular weight is 535 g/mol. The topological polar surface area (TPSA) is 31.0 Å². The zero-order chi connectivity index (χ0) is 27.4. The van der Waals surface area contributed by atoms with E-state index < -0.39 is 0 Å². The summed E-state index contributed by atoms with van der Waals surface area (Å²) in [7, 11) is 0. The van der Waals surface area contributed by atoms with Crippen LogP contribution in [0.3, 0.4) is 0 Å². The van der Waals surface area contributed by atoms with Gasteiger partial charge in [-0.1, -0.05) is 78.9 Å². The van der Waals surface area contributed by atoms with Crippen LogP contribution >= 0.6 is 0 Å². The second-order valence-corrected chi connectivity index (χ2v) is 11.2. The summed E-state index contributed by atoms with van der Waals surface area (Å²) in [6.07, 6.45) is 1.89. The Balaban J connectivity index is 1.22. The fraction of sp³-hybridized carbons (Fsp3) is 0. The summed E-state index contributed by atoms with van der Waals surface area (Å²) >= 11 is 0. The maximum Gasteiger partial charge on any atom is 0.135 e. The van der Waals surface area contributed by atoms with Crippen LogP contribution in [0.15, 0.2) is 138 Å². The first kappa shape index (κ1) is 22.1. The minimum Gasteiger partial charge on any atom is -0.456 e. The average Bonchev–Trinajstić information content (AvgIpc) is 3.70. The molecule has 3 aromatic heterocycles. The van der Waals surface area contributed by atoms with E-state index >= 15 is 0 Å². The third kappa shape index (κ3) is 2.82. The molecule has 1 aliphatic rings. The van der Waals surface area contributed by atoms with Crippen LogP contribution < -0.4 is 0 Å². The Morgan fingerprint density at radius 1 is 0.476 bits per heavy atom. The van der Waals surface area contributed by atoms with Gasteiger partial charge < -0.3 is 8.98 Å². The molecule has 0 N–H and O–H groups in total. The number of rotatable bonds is 2. The molecule has 194 valence electrons. The Morgan fingerprint density at radius 3 is 2.17 bits per heavy atom. The molecule has 0 amide bonds. The van der Waals surface area contributed by atoms with Crippen molar-refractivity contribution in [2.24, 2.45) is 0 Å². The molecule has 0 unspecified atom stereocenters. The number of para-hydroxylation sites is 2. The SMILES string of the molecule is c1cnc2c(c1)-c1ccc(-n3c4ccccc4c4cc(-c5ccc6oc7ccccc7c6c5)ccc43)c3cccc-2c13. The Bertz CT molecular complexity index is 2550. The number of hydrogen-bond acceptors (Lipinski definition) is 2. The van der Waals surface area contributed by atoms with E-state index in [9.17, 15) is 0 Å². The van der Waals surface area contributed by atoms with Crippen LogP contribution in [0, 0.1) is 0 Å². The van der Waals surface area contributed by atoms with Crippen LogP contribution in [0.4, 0.5) is 0 Å². The van der Waals surface area contributed by atoms with Crippen molar-refractivity contribution in [3.8, 4) is 39.2 Å². The van der Waals surface area contributed by atoms with E-state index in [1.165, 1.54) is 66.1 Å². The van der Waals surface area contributed by atoms with Gasteiger partial charge in [0.25, 0.3) is 0 Å². The zero-order valence-corrected chi connectivity index (χ0v) is 22.5. The summed E-state index contributed by atoms with van der Waals surface area (Å²) in [5, 5.41) is 7.31. The maximum absolute atomic E-state index is 6.09. The molecule has 0 spiro atoms. The Morgan fingerprint density at radius 2 is 1.21 bits per heavy atom. The van der Waals surface area contributed by atoms with Crippen LogP contribution in [0.2, 0.25) is 0 Å². The van der Waals surface area contributed by atoms with E-state index in [2.05, 4.69) is 114 Å². The minimum atomic E-state index is 0.919. The Hall–Kier alpha value is -5.67. The summed E-state index contributed by atoms with van der Waals surface area (Å²) in [4.78, 5) is 4.75. The zero-order valence-electron chi connectivity index (χ0n) is 22.5. The molecule has 3 heterocycles. The first-order chi connectivity index (χ1) is 20.8. The lowest BCUT2D eigenvalue weighted by atomic mass is 10.0. The first-order valence-corrected chi connectivity index (χ1v) is 14.3. The molecule has 6 aromatic carbocycles. The van der Waals surface area contributed by atoms with Gasteiger partial charge in [0.2, 0.25) is 0 Å². The highest BCUT2D eigenvalue weighted by molar-refractivity contribution is 6.18. The summed E-state index contributed by atoms with van der Waals surface area (Å²) < 4.78 is 8.52. The molecule has 0 bridgehead atoms. The Kier molecular flexibility index (Phi) is 4.18. The van der Waals surface area contributed by atoms with Gasteiger partial charge in [-0.05, 0) is 65.2 Å². The van der Waals surface area contributed by atoms with Crippen molar-refractivity contribution < 1.29 is 4.42 Å². The molecule has 0 aliphatic heterocycles. The van der Waals surface area contributed by atoms with Crippen LogP contribution in [-0.4, -0.2) is 9.55 Å². The van der Waals surface area contributed by atoms with Crippen LogP contribution in [-0.2, 0) is 0 Å². The monoisotopic (exact) mass is 534 g/mol. The molecule has 0 radical (unpaired) electrons. The molecular formula is C39H22N2O. The third-order valence-corrected chi connectivity index (χ3v) is 8.99. The fourth-order valence-corrected chi connectivity index (χ4v) is 7.16. The highest BCUT2D eigenvalue weighted by Crippen LogP contribution is 2.48. The van der Waals surface area contributed by atoms with Crippen LogP contribution in [0.25, 0.3) is 93.7 Å². The summed E-state index contributed by atoms with van der Waals surface area (Å²) in [6.45, 7) is 0. The van der Waals surface area contributed by atoms with Crippen molar-refractivity contribution in [2.75, 3.05) is 0 Å². The molecule has 3 heteroatoms. The van der Waals surface area contributed by atoms with Gasteiger partial charge in [-0.15, -0.1) is 0 Å². The summed E-state index contributed by atoms with van der Waals surface area (Å²) in [6, 6.07) is 45.8. The number of aromatic nitrogens is 2. The van der Waals surface area contributed by atoms with E-state index in [-0.39, 0.29) is 0 Å². The number of benzene rings is 6. The fourth-order valence-electron chi connectivity index (χ4n) is 7.16. The second-order valence-electron chi connectivity index (χ2n) is 11.2. The van der Waals surface area contributed by atoms with Gasteiger partial charge in [-0.2, -0.15) is 0 Å². The second kappa shape index (κ2) is 7.96. The van der Waals surface area contributed by atoms with Gasteiger partial charge in [0, 0.05) is 49.6 Å². The molecule has 42 heavy (non-hydrogen) atoms. The summed E-state index contributed by atoms with van der Waals surface area (Å²) in [5.74, 6) is 0. The van der Waals surface area contributed by atoms with Crippen molar-refractivity contribution in [1.29, 1.82) is 0 Å². The van der Waals surface area contributed by atoms with Gasteiger partial charge >= 0.3 is 0 Å². The standard InChI is InChI=1S/C39H22N2O/c1-3-12-33-25(7-1)31-21-23(24-15-19-37-32(22-24)26-8-2-4-13-36(26)42-37)14-17-35(31)41(33)34-18-16-27-28-11-6-20-40-39(28)30-10-5-9-29(34)38(27)30/h1-22H. The van der Waals surface area contributed by atoms with E-state index in [4.69, 9.17) is 9.40 Å². The van der Waals surface area contributed by atoms with Crippen LogP contribution in [0.1, 0.15) is 0 Å². The van der Waals surface area contributed by atoms with Gasteiger partial charge in [0.15, 0.2) is 0 Å². The molecule has 0 atom stereocenters. The van der Waals surface area contributed by atoms with Crippen molar-refractivity contribution in [3.63, 3.8) is 0 Å². The molecule has 10 rings (SSSR count). The van der Waals surface area contributed by atoms with E-state index in [0.717, 1.165) is 27.6 Å². The predicted molar refractivity (Wildman–Crippen MR) is 173 cm³/mol. The van der Waals surface area contributed by atoms with Crippen LogP contribution in [0.5, 0.6) is 0 Å². The maximum atomic E-state index is 6.09. The number of hydrogen-bond donors (Lipinski definition) is 0. The van der Waals surface area contributed by atoms with Gasteiger partial charge in [-0.3, -0.25) is 4.98 Å². The Labute approximate surface area is 240 Å². The predicted octanol–water partition coefficient (Wildman–Crippen LogP) is 10.5. The van der Waals surface area contributed by atoms with Crippen molar-refractivity contribution in [1.82, 2.24) is 9.55 Å². The van der Waals surface area contributed by atoms with Gasteiger partial charge in [-0.25, -0.2) is 0 Å². The molecule has 0 saturated carbocycles. The van der Waals surface area contributed by atoms with E-state index in [0.29, 0.717) is 0 Å². The molecule has 9 aromatic rings. The lowest BCUT2D eigenvalue weighted by Crippen LogP contribution is -1.95. The number of pyridine rings is 1. The van der Waals surface area contributed by atoms with E-state index in [1.54, 1.807) is 0 Å². The normalized spacial score (nSPS) is 12.3. The summed E-state index contributed by atoms with van der Waals surface area (Å²) in [5.41, 5.74) is 12.6. The quantitative estimate of drug-likeness (QED) is 0.221.